The molecule has 1 aliphatic rings. The normalized spacial score (nSPS) is 24.6. The molecule has 1 fully saturated rings. The molecule has 0 aromatic carbocycles. The van der Waals surface area contributed by atoms with Gasteiger partial charge in [0.25, 0.3) is 0 Å². The second kappa shape index (κ2) is 6.66. The van der Waals surface area contributed by atoms with E-state index >= 15 is 0 Å². The van der Waals surface area contributed by atoms with Gasteiger partial charge in [-0.2, -0.15) is 11.8 Å². The summed E-state index contributed by atoms with van der Waals surface area (Å²) in [6.45, 7) is 0. The van der Waals surface area contributed by atoms with Gasteiger partial charge in [0.2, 0.25) is 10.0 Å². The second-order valence-electron chi connectivity index (χ2n) is 4.47. The summed E-state index contributed by atoms with van der Waals surface area (Å²) in [5.41, 5.74) is 0. The van der Waals surface area contributed by atoms with Crippen LogP contribution in [0.15, 0.2) is 14.1 Å². The van der Waals surface area contributed by atoms with Gasteiger partial charge in [-0.1, -0.05) is 24.4 Å². The summed E-state index contributed by atoms with van der Waals surface area (Å²) in [6, 6.07) is 1.52. The first-order valence-electron chi connectivity index (χ1n) is 5.94. The Morgan fingerprint density at radius 3 is 2.74 bits per heavy atom. The summed E-state index contributed by atoms with van der Waals surface area (Å²) in [5, 5.41) is 0.804. The van der Waals surface area contributed by atoms with E-state index in [-0.39, 0.29) is 10.3 Å². The Kier molecular flexibility index (Phi) is 5.65. The number of halogens is 2. The zero-order valence-corrected chi connectivity index (χ0v) is 15.1. The Morgan fingerprint density at radius 2 is 2.16 bits per heavy atom. The fourth-order valence-corrected chi connectivity index (χ4v) is 6.98. The number of nitrogens with one attached hydrogen (secondary N) is 1. The van der Waals surface area contributed by atoms with Crippen molar-refractivity contribution in [2.45, 2.75) is 41.2 Å². The van der Waals surface area contributed by atoms with Crippen molar-refractivity contribution in [3.8, 4) is 0 Å². The molecule has 1 saturated carbocycles. The highest BCUT2D eigenvalue weighted by Gasteiger charge is 2.30. The van der Waals surface area contributed by atoms with Crippen molar-refractivity contribution in [3.63, 3.8) is 0 Å². The first-order valence-corrected chi connectivity index (χ1v) is 10.7. The molecule has 108 valence electrons. The van der Waals surface area contributed by atoms with Crippen molar-refractivity contribution in [2.75, 3.05) is 6.26 Å². The van der Waals surface area contributed by atoms with E-state index in [4.69, 9.17) is 11.6 Å². The van der Waals surface area contributed by atoms with Gasteiger partial charge in [0, 0.05) is 11.3 Å². The van der Waals surface area contributed by atoms with Gasteiger partial charge in [-0.15, -0.1) is 11.3 Å². The Balaban J connectivity index is 2.16. The van der Waals surface area contributed by atoms with Gasteiger partial charge in [0.05, 0.1) is 8.81 Å². The number of hydrogen-bond acceptors (Lipinski definition) is 4. The smallest absolute Gasteiger partial charge is 0.206 e. The highest BCUT2D eigenvalue weighted by molar-refractivity contribution is 9.11. The minimum atomic E-state index is -3.46. The summed E-state index contributed by atoms with van der Waals surface area (Å²) in [4.78, 5) is 0. The maximum atomic E-state index is 12.3. The van der Waals surface area contributed by atoms with Crippen LogP contribution in [-0.4, -0.2) is 26.0 Å². The molecule has 1 aromatic rings. The van der Waals surface area contributed by atoms with Gasteiger partial charge in [-0.05, 0) is 41.1 Å². The molecule has 1 heterocycles. The van der Waals surface area contributed by atoms with Crippen LogP contribution in [0.2, 0.25) is 5.02 Å². The predicted octanol–water partition coefficient (Wildman–Crippen LogP) is 4.12. The highest BCUT2D eigenvalue weighted by Crippen LogP contribution is 2.35. The lowest BCUT2D eigenvalue weighted by atomic mass is 9.96. The van der Waals surface area contributed by atoms with Crippen LogP contribution < -0.4 is 4.72 Å². The Labute approximate surface area is 135 Å². The molecule has 0 radical (unpaired) electrons. The molecular formula is C11H15BrClNO2S3. The van der Waals surface area contributed by atoms with Crippen LogP contribution >= 0.6 is 50.6 Å². The monoisotopic (exact) mass is 403 g/mol. The first-order chi connectivity index (χ1) is 8.94. The van der Waals surface area contributed by atoms with Crippen LogP contribution in [0, 0.1) is 0 Å². The standard InChI is InChI=1S/C11H15BrClNO2S3/c1-17-9-5-3-2-4-8(9)14-19(15,16)10-6-7(13)11(12)18-10/h6,8-9,14H,2-5H2,1H3. The van der Waals surface area contributed by atoms with Crippen LogP contribution in [0.1, 0.15) is 25.7 Å². The summed E-state index contributed by atoms with van der Waals surface area (Å²) >= 11 is 12.0. The van der Waals surface area contributed by atoms with Crippen molar-refractivity contribution >= 4 is 60.7 Å². The molecule has 0 spiro atoms. The molecule has 1 aromatic heterocycles. The van der Waals surface area contributed by atoms with Gasteiger partial charge < -0.3 is 0 Å². The third-order valence-electron chi connectivity index (χ3n) is 3.20. The third kappa shape index (κ3) is 3.89. The number of rotatable bonds is 4. The lowest BCUT2D eigenvalue weighted by Gasteiger charge is -2.30. The molecule has 2 atom stereocenters. The molecule has 1 N–H and O–H groups in total. The molecule has 2 unspecified atom stereocenters. The summed E-state index contributed by atoms with van der Waals surface area (Å²) in [5.74, 6) is 0. The second-order valence-corrected chi connectivity index (χ2v) is 10.3. The first kappa shape index (κ1) is 16.1. The van der Waals surface area contributed by atoms with E-state index in [9.17, 15) is 8.42 Å². The maximum Gasteiger partial charge on any atom is 0.250 e. The average Bonchev–Trinajstić information content (AvgIpc) is 2.71. The lowest BCUT2D eigenvalue weighted by molar-refractivity contribution is 0.423. The summed E-state index contributed by atoms with van der Waals surface area (Å²) < 4.78 is 28.4. The molecular weight excluding hydrogens is 390 g/mol. The summed E-state index contributed by atoms with van der Waals surface area (Å²) in [6.07, 6.45) is 6.28. The molecule has 0 aliphatic heterocycles. The Morgan fingerprint density at radius 1 is 1.47 bits per heavy atom. The van der Waals surface area contributed by atoms with Gasteiger partial charge in [0.15, 0.2) is 0 Å². The van der Waals surface area contributed by atoms with E-state index < -0.39 is 10.0 Å². The molecule has 0 saturated heterocycles. The number of sulfonamides is 1. The van der Waals surface area contributed by atoms with Gasteiger partial charge in [-0.3, -0.25) is 0 Å². The zero-order valence-electron chi connectivity index (χ0n) is 10.4. The largest absolute Gasteiger partial charge is 0.250 e. The van der Waals surface area contributed by atoms with E-state index in [2.05, 4.69) is 20.7 Å². The Hall–Kier alpha value is 0.730. The van der Waals surface area contributed by atoms with Crippen molar-refractivity contribution in [1.82, 2.24) is 4.72 Å². The van der Waals surface area contributed by atoms with Crippen LogP contribution in [0.5, 0.6) is 0 Å². The number of thiophene rings is 1. The maximum absolute atomic E-state index is 12.3. The Bertz CT molecular complexity index is 527. The van der Waals surface area contributed by atoms with Crippen molar-refractivity contribution < 1.29 is 8.42 Å². The quantitative estimate of drug-likeness (QED) is 0.821. The van der Waals surface area contributed by atoms with Crippen LogP contribution in [0.25, 0.3) is 0 Å². The van der Waals surface area contributed by atoms with E-state index in [1.165, 1.54) is 12.5 Å². The van der Waals surface area contributed by atoms with Crippen molar-refractivity contribution in [3.05, 3.63) is 14.9 Å². The SMILES string of the molecule is CSC1CCCCC1NS(=O)(=O)c1cc(Cl)c(Br)s1. The van der Waals surface area contributed by atoms with Gasteiger partial charge in [0.1, 0.15) is 4.21 Å². The summed E-state index contributed by atoms with van der Waals surface area (Å²) in [7, 11) is -3.46. The van der Waals surface area contributed by atoms with E-state index in [1.807, 2.05) is 6.26 Å². The molecule has 0 bridgehead atoms. The highest BCUT2D eigenvalue weighted by atomic mass is 79.9. The number of hydrogen-bond donors (Lipinski definition) is 1. The van der Waals surface area contributed by atoms with Crippen LogP contribution in [-0.2, 0) is 10.0 Å². The van der Waals surface area contributed by atoms with Gasteiger partial charge in [-0.25, -0.2) is 13.1 Å². The molecule has 2 rings (SSSR count). The lowest BCUT2D eigenvalue weighted by Crippen LogP contribution is -2.43. The molecule has 3 nitrogen and oxygen atoms in total. The van der Waals surface area contributed by atoms with Crippen LogP contribution in [0.4, 0.5) is 0 Å². The minimum absolute atomic E-state index is 0.0217. The fraction of sp³-hybridized carbons (Fsp3) is 0.636. The average molecular weight is 405 g/mol. The van der Waals surface area contributed by atoms with Crippen molar-refractivity contribution in [1.29, 1.82) is 0 Å². The van der Waals surface area contributed by atoms with Crippen molar-refractivity contribution in [2.24, 2.45) is 0 Å². The molecule has 0 amide bonds. The topological polar surface area (TPSA) is 46.2 Å². The molecule has 8 heteroatoms. The zero-order chi connectivity index (χ0) is 14.0. The molecule has 19 heavy (non-hydrogen) atoms. The predicted molar refractivity (Wildman–Crippen MR) is 86.9 cm³/mol. The minimum Gasteiger partial charge on any atom is -0.206 e. The van der Waals surface area contributed by atoms with E-state index in [0.29, 0.717) is 14.1 Å². The fourth-order valence-electron chi connectivity index (χ4n) is 2.23. The van der Waals surface area contributed by atoms with Gasteiger partial charge >= 0.3 is 0 Å². The third-order valence-corrected chi connectivity index (χ3v) is 8.81. The molecule has 1 aliphatic carbocycles. The van der Waals surface area contributed by atoms with E-state index in [1.54, 1.807) is 11.8 Å². The van der Waals surface area contributed by atoms with Crippen LogP contribution in [0.3, 0.4) is 0 Å². The van der Waals surface area contributed by atoms with E-state index in [0.717, 1.165) is 30.6 Å². The number of thioether (sulfide) groups is 1.